The number of ether oxygens (including phenoxy) is 6. The number of nitrogens with zero attached hydrogens (tertiary/aromatic N) is 1. The van der Waals surface area contributed by atoms with E-state index in [-0.39, 0.29) is 49.6 Å². The Bertz CT molecular complexity index is 1400. The van der Waals surface area contributed by atoms with Crippen LogP contribution in [-0.4, -0.2) is 69.9 Å². The lowest BCUT2D eigenvalue weighted by Crippen LogP contribution is -2.33. The van der Waals surface area contributed by atoms with Crippen LogP contribution in [0.25, 0.3) is 0 Å². The van der Waals surface area contributed by atoms with Crippen molar-refractivity contribution in [1.82, 2.24) is 5.32 Å². The Morgan fingerprint density at radius 2 is 1.62 bits per heavy atom. The number of dihydropyridines is 1. The molecule has 0 bridgehead atoms. The first-order valence-electron chi connectivity index (χ1n) is 15.0. The Balaban J connectivity index is 1.38. The van der Waals surface area contributed by atoms with Crippen LogP contribution in [0.1, 0.15) is 50.2 Å². The average Bonchev–Trinajstić information content (AvgIpc) is 3.04. The molecule has 2 aliphatic heterocycles. The summed E-state index contributed by atoms with van der Waals surface area (Å²) in [6, 6.07) is 13.4. The number of hydrogen-bond donors (Lipinski definition) is 1. The highest BCUT2D eigenvalue weighted by Crippen LogP contribution is 2.40. The van der Waals surface area contributed by atoms with Gasteiger partial charge in [-0.25, -0.2) is 9.59 Å². The number of benzene rings is 2. The summed E-state index contributed by atoms with van der Waals surface area (Å²) in [6.07, 6.45) is 3.78. The van der Waals surface area contributed by atoms with Gasteiger partial charge in [0.15, 0.2) is 6.29 Å². The molecule has 1 N–H and O–H groups in total. The SMILES string of the molecule is COCCOC(=O)C1=C(C)NC(C)=C(C(=O)OCCOc2ccc(CCOC3CCCCO3)cc2)C1c1cccc([N+](=O)[O-])c1. The Labute approximate surface area is 262 Å². The number of hydrogen-bond acceptors (Lipinski definition) is 11. The first-order chi connectivity index (χ1) is 21.8. The van der Waals surface area contributed by atoms with Crippen molar-refractivity contribution < 1.29 is 42.9 Å². The molecule has 4 rings (SSSR count). The van der Waals surface area contributed by atoms with E-state index in [4.69, 9.17) is 28.4 Å². The van der Waals surface area contributed by atoms with Crippen molar-refractivity contribution in [2.75, 3.05) is 46.8 Å². The van der Waals surface area contributed by atoms with E-state index >= 15 is 0 Å². The predicted molar refractivity (Wildman–Crippen MR) is 163 cm³/mol. The fraction of sp³-hybridized carbons (Fsp3) is 0.455. The minimum Gasteiger partial charge on any atom is -0.490 e. The Kier molecular flexibility index (Phi) is 12.5. The number of nitrogens with one attached hydrogen (secondary N) is 1. The zero-order chi connectivity index (χ0) is 32.2. The summed E-state index contributed by atoms with van der Waals surface area (Å²) in [5.41, 5.74) is 2.52. The zero-order valence-electron chi connectivity index (χ0n) is 25.9. The van der Waals surface area contributed by atoms with Gasteiger partial charge in [-0.15, -0.1) is 0 Å². The first kappa shape index (κ1) is 33.6. The average molecular weight is 625 g/mol. The van der Waals surface area contributed by atoms with Crippen LogP contribution in [0.5, 0.6) is 5.75 Å². The number of esters is 2. The fourth-order valence-electron chi connectivity index (χ4n) is 5.26. The number of methoxy groups -OCH3 is 1. The second-order valence-corrected chi connectivity index (χ2v) is 10.7. The van der Waals surface area contributed by atoms with E-state index < -0.39 is 22.8 Å². The Morgan fingerprint density at radius 1 is 0.933 bits per heavy atom. The maximum atomic E-state index is 13.5. The van der Waals surface area contributed by atoms with Gasteiger partial charge >= 0.3 is 11.9 Å². The molecule has 0 radical (unpaired) electrons. The lowest BCUT2D eigenvalue weighted by Gasteiger charge is -2.30. The number of carbonyl (C=O) groups is 2. The van der Waals surface area contributed by atoms with Gasteiger partial charge in [-0.3, -0.25) is 10.1 Å². The summed E-state index contributed by atoms with van der Waals surface area (Å²) in [6.45, 7) is 4.90. The molecule has 2 unspecified atom stereocenters. The van der Waals surface area contributed by atoms with Crippen LogP contribution < -0.4 is 10.1 Å². The smallest absolute Gasteiger partial charge is 0.336 e. The van der Waals surface area contributed by atoms with E-state index in [1.807, 2.05) is 24.3 Å². The molecule has 0 amide bonds. The number of non-ortho nitro benzene ring substituents is 1. The molecule has 45 heavy (non-hydrogen) atoms. The second kappa shape index (κ2) is 16.7. The first-order valence-corrected chi connectivity index (χ1v) is 15.0. The van der Waals surface area contributed by atoms with Crippen LogP contribution in [-0.2, 0) is 39.7 Å². The predicted octanol–water partition coefficient (Wildman–Crippen LogP) is 4.73. The van der Waals surface area contributed by atoms with Crippen molar-refractivity contribution >= 4 is 17.6 Å². The molecule has 2 atom stereocenters. The van der Waals surface area contributed by atoms with E-state index in [2.05, 4.69) is 5.32 Å². The summed E-state index contributed by atoms with van der Waals surface area (Å²) in [7, 11) is 1.48. The third kappa shape index (κ3) is 9.37. The van der Waals surface area contributed by atoms with Gasteiger partial charge in [0.1, 0.15) is 25.6 Å². The number of rotatable bonds is 15. The van der Waals surface area contributed by atoms with Gasteiger partial charge in [-0.05, 0) is 62.8 Å². The Hall–Kier alpha value is -4.26. The molecular weight excluding hydrogens is 584 g/mol. The molecule has 0 aliphatic carbocycles. The van der Waals surface area contributed by atoms with Crippen LogP contribution in [0.15, 0.2) is 71.1 Å². The Morgan fingerprint density at radius 3 is 2.24 bits per heavy atom. The molecule has 0 spiro atoms. The highest BCUT2D eigenvalue weighted by molar-refractivity contribution is 6.00. The van der Waals surface area contributed by atoms with E-state index in [9.17, 15) is 19.7 Å². The summed E-state index contributed by atoms with van der Waals surface area (Å²) >= 11 is 0. The molecule has 2 aromatic rings. The van der Waals surface area contributed by atoms with Gasteiger partial charge in [-0.1, -0.05) is 24.3 Å². The number of nitro groups is 1. The molecule has 0 saturated carbocycles. The van der Waals surface area contributed by atoms with Crippen molar-refractivity contribution in [2.24, 2.45) is 0 Å². The third-order valence-electron chi connectivity index (χ3n) is 7.48. The van der Waals surface area contributed by atoms with Gasteiger partial charge in [0.2, 0.25) is 0 Å². The minimum absolute atomic E-state index is 0.00221. The van der Waals surface area contributed by atoms with Gasteiger partial charge in [-0.2, -0.15) is 0 Å². The summed E-state index contributed by atoms with van der Waals surface area (Å²) < 4.78 is 33.1. The minimum atomic E-state index is -0.962. The molecule has 2 aromatic carbocycles. The zero-order valence-corrected chi connectivity index (χ0v) is 25.9. The molecule has 1 fully saturated rings. The van der Waals surface area contributed by atoms with Crippen molar-refractivity contribution in [2.45, 2.75) is 51.7 Å². The van der Waals surface area contributed by atoms with E-state index in [0.717, 1.165) is 37.9 Å². The molecule has 1 saturated heterocycles. The maximum Gasteiger partial charge on any atom is 0.336 e. The monoisotopic (exact) mass is 624 g/mol. The van der Waals surface area contributed by atoms with Gasteiger partial charge in [0, 0.05) is 37.2 Å². The van der Waals surface area contributed by atoms with Crippen LogP contribution >= 0.6 is 0 Å². The summed E-state index contributed by atoms with van der Waals surface area (Å²) in [5.74, 6) is -1.70. The standard InChI is InChI=1S/C33H40N2O10/c1-22-29(32(36)44-18-17-40-3)31(25-7-6-8-26(21-25)35(38)39)30(23(2)34-22)33(37)45-20-19-41-27-12-10-24(11-13-27)14-16-43-28-9-4-5-15-42-28/h6-8,10-13,21,28,31,34H,4-5,9,14-20H2,1-3H3. The molecule has 242 valence electrons. The largest absolute Gasteiger partial charge is 0.490 e. The van der Waals surface area contributed by atoms with Crippen molar-refractivity contribution in [3.8, 4) is 5.75 Å². The van der Waals surface area contributed by atoms with E-state index in [1.54, 1.807) is 19.9 Å². The molecule has 12 heteroatoms. The molecule has 2 heterocycles. The molecule has 0 aromatic heterocycles. The van der Waals surface area contributed by atoms with Crippen LogP contribution in [0, 0.1) is 10.1 Å². The van der Waals surface area contributed by atoms with Crippen molar-refractivity contribution in [3.63, 3.8) is 0 Å². The van der Waals surface area contributed by atoms with Gasteiger partial charge in [0.05, 0.1) is 35.2 Å². The quantitative estimate of drug-likeness (QED) is 0.127. The second-order valence-electron chi connectivity index (χ2n) is 10.7. The number of carbonyl (C=O) groups excluding carboxylic acids is 2. The summed E-state index contributed by atoms with van der Waals surface area (Å²) in [4.78, 5) is 37.7. The molecule has 12 nitrogen and oxygen atoms in total. The van der Waals surface area contributed by atoms with Crippen LogP contribution in [0.4, 0.5) is 5.69 Å². The van der Waals surface area contributed by atoms with E-state index in [0.29, 0.717) is 29.3 Å². The van der Waals surface area contributed by atoms with E-state index in [1.165, 1.54) is 25.3 Å². The normalized spacial score (nSPS) is 18.3. The van der Waals surface area contributed by atoms with Gasteiger partial charge < -0.3 is 33.7 Å². The topological polar surface area (TPSA) is 145 Å². The van der Waals surface area contributed by atoms with Crippen molar-refractivity contribution in [1.29, 1.82) is 0 Å². The third-order valence-corrected chi connectivity index (χ3v) is 7.48. The fourth-order valence-corrected chi connectivity index (χ4v) is 5.26. The highest BCUT2D eigenvalue weighted by atomic mass is 16.7. The number of nitro benzene ring substituents is 1. The highest BCUT2D eigenvalue weighted by Gasteiger charge is 2.38. The van der Waals surface area contributed by atoms with Crippen LogP contribution in [0.2, 0.25) is 0 Å². The number of allylic oxidation sites excluding steroid dienone is 2. The molecular formula is C33H40N2O10. The van der Waals surface area contributed by atoms with Crippen LogP contribution in [0.3, 0.4) is 0 Å². The molecule has 2 aliphatic rings. The maximum absolute atomic E-state index is 13.5. The lowest BCUT2D eigenvalue weighted by molar-refractivity contribution is -0.384. The van der Waals surface area contributed by atoms with Crippen molar-refractivity contribution in [3.05, 3.63) is 92.3 Å². The van der Waals surface area contributed by atoms with Gasteiger partial charge in [0.25, 0.3) is 5.69 Å². The lowest BCUT2D eigenvalue weighted by atomic mass is 9.80. The summed E-state index contributed by atoms with van der Waals surface area (Å²) in [5, 5.41) is 14.6.